The van der Waals surface area contributed by atoms with Crippen LogP contribution in [0.5, 0.6) is 11.5 Å². The summed E-state index contributed by atoms with van der Waals surface area (Å²) in [5.74, 6) is 0.691. The summed E-state index contributed by atoms with van der Waals surface area (Å²) in [4.78, 5) is 14.1. The van der Waals surface area contributed by atoms with E-state index >= 15 is 0 Å². The van der Waals surface area contributed by atoms with Gasteiger partial charge >= 0.3 is 0 Å². The zero-order valence-electron chi connectivity index (χ0n) is 12.8. The van der Waals surface area contributed by atoms with E-state index in [0.29, 0.717) is 47.2 Å². The number of aliphatic hydroxyl groups excluding tert-OH is 1. The Morgan fingerprint density at radius 2 is 2.17 bits per heavy atom. The van der Waals surface area contributed by atoms with Crippen LogP contribution in [0, 0.1) is 11.3 Å². The number of likely N-dealkylation sites (tertiary alicyclic amines) is 1. The van der Waals surface area contributed by atoms with E-state index in [9.17, 15) is 9.90 Å². The van der Waals surface area contributed by atoms with Crippen LogP contribution < -0.4 is 4.74 Å². The number of ether oxygens (including phenoxy) is 1. The lowest BCUT2D eigenvalue weighted by Gasteiger charge is -2.16. The maximum atomic E-state index is 12.5. The first kappa shape index (κ1) is 16.3. The SMILES string of the molecule is N#Cc1cc(Cl)ccc1Oc1cccc(C(=O)N2CC[C@@H](O)C2)c1. The van der Waals surface area contributed by atoms with Crippen molar-refractivity contribution in [3.05, 3.63) is 58.6 Å². The molecule has 2 aromatic carbocycles. The van der Waals surface area contributed by atoms with Crippen molar-refractivity contribution >= 4 is 17.5 Å². The second-order valence-corrected chi connectivity index (χ2v) is 6.01. The van der Waals surface area contributed by atoms with Crippen LogP contribution in [-0.4, -0.2) is 35.1 Å². The van der Waals surface area contributed by atoms with E-state index in [0.717, 1.165) is 0 Å². The van der Waals surface area contributed by atoms with Gasteiger partial charge < -0.3 is 14.7 Å². The standard InChI is InChI=1S/C18H15ClN2O3/c19-14-4-5-17(13(8-14)10-20)24-16-3-1-2-12(9-16)18(23)21-7-6-15(22)11-21/h1-5,8-9,15,22H,6-7,11H2/t15-/m1/s1. The molecule has 1 aliphatic rings. The van der Waals surface area contributed by atoms with Gasteiger partial charge in [0.25, 0.3) is 5.91 Å². The molecule has 1 atom stereocenters. The minimum Gasteiger partial charge on any atom is -0.456 e. The van der Waals surface area contributed by atoms with E-state index < -0.39 is 6.10 Å². The Hall–Kier alpha value is -2.55. The van der Waals surface area contributed by atoms with Gasteiger partial charge in [-0.05, 0) is 42.8 Å². The fourth-order valence-corrected chi connectivity index (χ4v) is 2.78. The second kappa shape index (κ2) is 6.91. The molecule has 3 rings (SSSR count). The normalized spacial score (nSPS) is 16.7. The topological polar surface area (TPSA) is 73.6 Å². The molecule has 1 heterocycles. The van der Waals surface area contributed by atoms with Crippen molar-refractivity contribution in [2.24, 2.45) is 0 Å². The fraction of sp³-hybridized carbons (Fsp3) is 0.222. The van der Waals surface area contributed by atoms with Gasteiger partial charge in [0.2, 0.25) is 0 Å². The molecular weight excluding hydrogens is 328 g/mol. The Balaban J connectivity index is 1.81. The lowest BCUT2D eigenvalue weighted by Crippen LogP contribution is -2.29. The summed E-state index contributed by atoms with van der Waals surface area (Å²) in [7, 11) is 0. The summed E-state index contributed by atoms with van der Waals surface area (Å²) in [6, 6.07) is 13.6. The predicted molar refractivity (Wildman–Crippen MR) is 89.2 cm³/mol. The van der Waals surface area contributed by atoms with Gasteiger partial charge in [-0.1, -0.05) is 17.7 Å². The smallest absolute Gasteiger partial charge is 0.254 e. The summed E-state index contributed by atoms with van der Waals surface area (Å²) >= 11 is 5.87. The second-order valence-electron chi connectivity index (χ2n) is 5.58. The first-order chi connectivity index (χ1) is 11.6. The van der Waals surface area contributed by atoms with Gasteiger partial charge in [0, 0.05) is 23.7 Å². The van der Waals surface area contributed by atoms with Crippen LogP contribution in [0.3, 0.4) is 0 Å². The van der Waals surface area contributed by atoms with Crippen LogP contribution in [-0.2, 0) is 0 Å². The molecule has 1 N–H and O–H groups in total. The Labute approximate surface area is 144 Å². The van der Waals surface area contributed by atoms with E-state index in [4.69, 9.17) is 21.6 Å². The molecule has 24 heavy (non-hydrogen) atoms. The number of hydrogen-bond donors (Lipinski definition) is 1. The highest BCUT2D eigenvalue weighted by molar-refractivity contribution is 6.30. The van der Waals surface area contributed by atoms with E-state index in [1.54, 1.807) is 41.3 Å². The highest BCUT2D eigenvalue weighted by Gasteiger charge is 2.25. The fourth-order valence-electron chi connectivity index (χ4n) is 2.61. The molecule has 122 valence electrons. The van der Waals surface area contributed by atoms with Gasteiger partial charge in [-0.2, -0.15) is 5.26 Å². The van der Waals surface area contributed by atoms with Gasteiger partial charge in [-0.3, -0.25) is 4.79 Å². The zero-order valence-corrected chi connectivity index (χ0v) is 13.5. The summed E-state index contributed by atoms with van der Waals surface area (Å²) in [6.07, 6.45) is 0.138. The van der Waals surface area contributed by atoms with Crippen molar-refractivity contribution in [2.75, 3.05) is 13.1 Å². The number of carbonyl (C=O) groups excluding carboxylic acids is 1. The highest BCUT2D eigenvalue weighted by Crippen LogP contribution is 2.28. The maximum Gasteiger partial charge on any atom is 0.254 e. The van der Waals surface area contributed by atoms with Gasteiger partial charge in [0.05, 0.1) is 11.7 Å². The van der Waals surface area contributed by atoms with Crippen molar-refractivity contribution in [1.29, 1.82) is 5.26 Å². The van der Waals surface area contributed by atoms with Crippen molar-refractivity contribution in [3.8, 4) is 17.6 Å². The van der Waals surface area contributed by atoms with Crippen molar-refractivity contribution < 1.29 is 14.6 Å². The number of nitrogens with zero attached hydrogens (tertiary/aromatic N) is 2. The third-order valence-electron chi connectivity index (χ3n) is 3.82. The Bertz CT molecular complexity index is 816. The number of hydrogen-bond acceptors (Lipinski definition) is 4. The number of benzene rings is 2. The van der Waals surface area contributed by atoms with E-state index in [1.807, 2.05) is 6.07 Å². The molecule has 1 aliphatic heterocycles. The van der Waals surface area contributed by atoms with Crippen LogP contribution in [0.2, 0.25) is 5.02 Å². The van der Waals surface area contributed by atoms with Crippen LogP contribution >= 0.6 is 11.6 Å². The molecule has 0 spiro atoms. The zero-order chi connectivity index (χ0) is 17.1. The molecule has 0 aromatic heterocycles. The van der Waals surface area contributed by atoms with Gasteiger partial charge in [-0.15, -0.1) is 0 Å². The molecule has 1 fully saturated rings. The number of aliphatic hydroxyl groups is 1. The molecule has 1 saturated heterocycles. The lowest BCUT2D eigenvalue weighted by molar-refractivity contribution is 0.0764. The third kappa shape index (κ3) is 3.51. The summed E-state index contributed by atoms with van der Waals surface area (Å²) in [6.45, 7) is 0.889. The lowest BCUT2D eigenvalue weighted by atomic mass is 10.2. The number of nitriles is 1. The van der Waals surface area contributed by atoms with E-state index in [-0.39, 0.29) is 5.91 Å². The number of rotatable bonds is 3. The number of halogens is 1. The molecule has 6 heteroatoms. The molecule has 1 amide bonds. The van der Waals surface area contributed by atoms with Gasteiger partial charge in [0.15, 0.2) is 0 Å². The number of β-amino-alcohol motifs (C(OH)–C–C–N with tert-alkyl or cyclic N) is 1. The molecule has 0 unspecified atom stereocenters. The molecule has 0 aliphatic carbocycles. The van der Waals surface area contributed by atoms with Crippen molar-refractivity contribution in [3.63, 3.8) is 0 Å². The average Bonchev–Trinajstić information content (AvgIpc) is 3.02. The van der Waals surface area contributed by atoms with Crippen molar-refractivity contribution in [1.82, 2.24) is 4.90 Å². The van der Waals surface area contributed by atoms with Crippen LogP contribution in [0.4, 0.5) is 0 Å². The minimum atomic E-state index is -0.458. The first-order valence-electron chi connectivity index (χ1n) is 7.52. The van der Waals surface area contributed by atoms with Crippen LogP contribution in [0.15, 0.2) is 42.5 Å². The quantitative estimate of drug-likeness (QED) is 0.929. The molecule has 2 aromatic rings. The largest absolute Gasteiger partial charge is 0.456 e. The van der Waals surface area contributed by atoms with Crippen molar-refractivity contribution in [2.45, 2.75) is 12.5 Å². The maximum absolute atomic E-state index is 12.5. The molecule has 0 saturated carbocycles. The molecule has 0 bridgehead atoms. The van der Waals surface area contributed by atoms with Gasteiger partial charge in [0.1, 0.15) is 17.6 Å². The summed E-state index contributed by atoms with van der Waals surface area (Å²) < 4.78 is 5.73. The summed E-state index contributed by atoms with van der Waals surface area (Å²) in [5.41, 5.74) is 0.802. The predicted octanol–water partition coefficient (Wildman–Crippen LogP) is 3.21. The average molecular weight is 343 g/mol. The molecule has 5 nitrogen and oxygen atoms in total. The minimum absolute atomic E-state index is 0.145. The Kier molecular flexibility index (Phi) is 4.70. The van der Waals surface area contributed by atoms with Gasteiger partial charge in [-0.25, -0.2) is 0 Å². The Morgan fingerprint density at radius 1 is 1.33 bits per heavy atom. The monoisotopic (exact) mass is 342 g/mol. The molecular formula is C18H15ClN2O3. The first-order valence-corrected chi connectivity index (χ1v) is 7.89. The third-order valence-corrected chi connectivity index (χ3v) is 4.06. The molecule has 0 radical (unpaired) electrons. The summed E-state index contributed by atoms with van der Waals surface area (Å²) in [5, 5.41) is 19.2. The Morgan fingerprint density at radius 3 is 2.88 bits per heavy atom. The van der Waals surface area contributed by atoms with E-state index in [2.05, 4.69) is 0 Å². The highest BCUT2D eigenvalue weighted by atomic mass is 35.5. The van der Waals surface area contributed by atoms with E-state index in [1.165, 1.54) is 6.07 Å². The number of carbonyl (C=O) groups is 1. The number of amides is 1. The van der Waals surface area contributed by atoms with Crippen LogP contribution in [0.1, 0.15) is 22.3 Å². The van der Waals surface area contributed by atoms with Crippen LogP contribution in [0.25, 0.3) is 0 Å².